The second kappa shape index (κ2) is 25.7. The number of aliphatic hydroxyl groups excluding tert-OH is 2. The van der Waals surface area contributed by atoms with Crippen molar-refractivity contribution < 1.29 is 67.0 Å². The van der Waals surface area contributed by atoms with E-state index in [0.717, 1.165) is 22.4 Å². The van der Waals surface area contributed by atoms with Crippen LogP contribution in [0.5, 0.6) is 0 Å². The van der Waals surface area contributed by atoms with Gasteiger partial charge in [-0.1, -0.05) is 34.6 Å². The molecule has 7 heterocycles. The first-order valence-electron chi connectivity index (χ1n) is 30.8. The summed E-state index contributed by atoms with van der Waals surface area (Å²) in [6.45, 7) is 19.9. The summed E-state index contributed by atoms with van der Waals surface area (Å²) in [5.74, 6) is -5.78. The van der Waals surface area contributed by atoms with Crippen LogP contribution in [0.1, 0.15) is 150 Å². The maximum atomic E-state index is 14.4. The molecular formula is C62H94N13O14P. The maximum Gasteiger partial charge on any atom is 0.472 e. The van der Waals surface area contributed by atoms with Gasteiger partial charge in [-0.15, -0.1) is 0 Å². The number of aryl methyl sites for hydroxylation is 2. The van der Waals surface area contributed by atoms with Crippen molar-refractivity contribution >= 4 is 60.2 Å². The van der Waals surface area contributed by atoms with Gasteiger partial charge in [-0.3, -0.25) is 42.6 Å². The first-order valence-corrected chi connectivity index (χ1v) is 32.3. The number of aromatic nitrogens is 2. The Morgan fingerprint density at radius 3 is 2.01 bits per heavy atom. The average Bonchev–Trinajstić information content (AvgIpc) is 1.53. The van der Waals surface area contributed by atoms with Gasteiger partial charge in [0.1, 0.15) is 18.3 Å². The summed E-state index contributed by atoms with van der Waals surface area (Å²) < 4.78 is 32.3. The highest BCUT2D eigenvalue weighted by Gasteiger charge is 2.66. The van der Waals surface area contributed by atoms with E-state index in [2.05, 4.69) is 51.5 Å². The minimum absolute atomic E-state index is 0.0195. The molecule has 4 saturated heterocycles. The number of nitrogens with zero attached hydrogens (tertiary/aromatic N) is 2. The fraction of sp³-hybridized carbons (Fsp3) is 0.645. The van der Waals surface area contributed by atoms with E-state index in [9.17, 15) is 53.2 Å². The van der Waals surface area contributed by atoms with Crippen LogP contribution >= 0.6 is 7.82 Å². The molecule has 0 radical (unpaired) electrons. The molecular weight excluding hydrogens is 1180 g/mol. The average molecular weight is 1280 g/mol. The van der Waals surface area contributed by atoms with Crippen molar-refractivity contribution in [2.24, 2.45) is 73.8 Å². The summed E-state index contributed by atoms with van der Waals surface area (Å²) in [6.07, 6.45) is -3.53. The molecule has 496 valence electrons. The van der Waals surface area contributed by atoms with Gasteiger partial charge in [0, 0.05) is 108 Å². The first-order chi connectivity index (χ1) is 41.8. The molecule has 2 unspecified atom stereocenters. The van der Waals surface area contributed by atoms with Crippen LogP contribution in [0.15, 0.2) is 64.0 Å². The summed E-state index contributed by atoms with van der Waals surface area (Å²) in [7, 11) is -5.06. The van der Waals surface area contributed by atoms with Crippen LogP contribution < -0.4 is 61.0 Å². The van der Waals surface area contributed by atoms with E-state index in [4.69, 9.17) is 48.2 Å². The third-order valence-corrected chi connectivity index (χ3v) is 22.3. The highest BCUT2D eigenvalue weighted by atomic mass is 31.2. The second-order valence-corrected chi connectivity index (χ2v) is 28.8. The molecule has 6 aliphatic rings. The zero-order chi connectivity index (χ0) is 66.7. The van der Waals surface area contributed by atoms with Crippen molar-refractivity contribution in [2.45, 2.75) is 201 Å². The smallest absolute Gasteiger partial charge is 0.394 e. The number of rotatable bonds is 26. The number of nitrogens with two attached hydrogens (primary N) is 6. The molecule has 20 N–H and O–H groups in total. The van der Waals surface area contributed by atoms with E-state index in [1.165, 1.54) is 13.3 Å². The van der Waals surface area contributed by atoms with Gasteiger partial charge in [0.05, 0.1) is 47.7 Å². The number of benzene rings is 1. The molecule has 0 saturated carbocycles. The number of nitrogens with one attached hydrogen (secondary N) is 5. The number of phosphoric ester groups is 1. The molecule has 8 rings (SSSR count). The quantitative estimate of drug-likeness (QED) is 0.0599. The van der Waals surface area contributed by atoms with Crippen LogP contribution in [0.4, 0.5) is 0 Å². The zero-order valence-electron chi connectivity index (χ0n) is 53.5. The second-order valence-electron chi connectivity index (χ2n) is 27.4. The topological polar surface area (TPSA) is 459 Å². The van der Waals surface area contributed by atoms with Gasteiger partial charge < -0.3 is 85.4 Å². The van der Waals surface area contributed by atoms with Crippen LogP contribution in [0.2, 0.25) is 0 Å². The Balaban J connectivity index is 1.18. The van der Waals surface area contributed by atoms with E-state index in [1.807, 2.05) is 67.5 Å². The fourth-order valence-corrected chi connectivity index (χ4v) is 17.2. The van der Waals surface area contributed by atoms with Gasteiger partial charge in [0.25, 0.3) is 0 Å². The zero-order valence-corrected chi connectivity index (χ0v) is 54.4. The predicted octanol–water partition coefficient (Wildman–Crippen LogP) is 1.98. The van der Waals surface area contributed by atoms with Crippen molar-refractivity contribution in [1.82, 2.24) is 36.1 Å². The third kappa shape index (κ3) is 13.0. The van der Waals surface area contributed by atoms with E-state index < -0.39 is 144 Å². The molecule has 90 heavy (non-hydrogen) atoms. The highest BCUT2D eigenvalue weighted by Crippen LogP contribution is 2.62. The Hall–Kier alpha value is -6.87. The van der Waals surface area contributed by atoms with Gasteiger partial charge in [-0.25, -0.2) is 9.55 Å². The van der Waals surface area contributed by atoms with Gasteiger partial charge in [0.15, 0.2) is 6.23 Å². The van der Waals surface area contributed by atoms with Crippen molar-refractivity contribution in [3.05, 3.63) is 75.2 Å². The molecule has 1 aromatic carbocycles. The summed E-state index contributed by atoms with van der Waals surface area (Å²) in [6, 6.07) is 1.78. The molecule has 6 aliphatic heterocycles. The number of fused-ring (bicyclic) bond motifs is 10. The predicted molar refractivity (Wildman–Crippen MR) is 332 cm³/mol. The van der Waals surface area contributed by atoms with E-state index >= 15 is 0 Å². The lowest BCUT2D eigenvalue weighted by atomic mass is 9.58. The molecule has 2 aromatic rings. The number of imidazole rings is 1. The Kier molecular flexibility index (Phi) is 19.7. The number of phosphoric acid groups is 1. The van der Waals surface area contributed by atoms with Crippen molar-refractivity contribution in [3.8, 4) is 0 Å². The molecule has 16 atom stereocenters. The van der Waals surface area contributed by atoms with Crippen LogP contribution in [0.25, 0.3) is 11.0 Å². The minimum Gasteiger partial charge on any atom is -0.394 e. The number of amides is 7. The third-order valence-electron chi connectivity index (χ3n) is 21.1. The SMILES string of the molecule is C/C1=C2/NC(/C=C3\N[C@H](/C(C)=C4\N[C@H]([C@H](CC(N)=O)[C@@]4(C)CCC(=O)NC[C@@H](C)OP(=O)(O)O[C@H]4[C@@H](O)[C@@H](n5cnc6cc(C)c(C)cc65)O[C@@H]4CO)[C@]4(C)NC1=C(CCC(N)=O)[C@]4(C)CC(N)=O)[C@@H](CCC(N)=O)C3(C)C)[C@@H](CCC(N)=O)[C@]2(C)CC(N)=O. The lowest BCUT2D eigenvalue weighted by Gasteiger charge is -2.49. The largest absolute Gasteiger partial charge is 0.472 e. The summed E-state index contributed by atoms with van der Waals surface area (Å²) in [5.41, 5.74) is 38.4. The molecule has 0 spiro atoms. The van der Waals surface area contributed by atoms with Crippen LogP contribution in [0.3, 0.4) is 0 Å². The highest BCUT2D eigenvalue weighted by molar-refractivity contribution is 7.47. The van der Waals surface area contributed by atoms with E-state index in [0.29, 0.717) is 45.7 Å². The number of carbonyl (C=O) groups excluding carboxylic acids is 7. The number of allylic oxidation sites excluding steroid dienone is 4. The number of primary amides is 6. The monoisotopic (exact) mass is 1280 g/mol. The Morgan fingerprint density at radius 2 is 1.41 bits per heavy atom. The maximum absolute atomic E-state index is 14.4. The molecule has 0 aliphatic carbocycles. The molecule has 4 fully saturated rings. The number of hydrogen-bond donors (Lipinski definition) is 14. The number of aliphatic hydroxyl groups is 2. The van der Waals surface area contributed by atoms with Gasteiger partial charge in [-0.05, 0) is 125 Å². The molecule has 8 bridgehead atoms. The van der Waals surface area contributed by atoms with Crippen molar-refractivity contribution in [3.63, 3.8) is 0 Å². The van der Waals surface area contributed by atoms with Crippen molar-refractivity contribution in [1.29, 1.82) is 0 Å². The lowest BCUT2D eigenvalue weighted by molar-refractivity contribution is -0.123. The van der Waals surface area contributed by atoms with Crippen molar-refractivity contribution in [2.75, 3.05) is 13.2 Å². The van der Waals surface area contributed by atoms with E-state index in [-0.39, 0.29) is 76.7 Å². The minimum atomic E-state index is -5.06. The summed E-state index contributed by atoms with van der Waals surface area (Å²) in [5, 5.41) is 40.0. The Labute approximate surface area is 524 Å². The van der Waals surface area contributed by atoms with Crippen LogP contribution in [0, 0.1) is 53.3 Å². The van der Waals surface area contributed by atoms with Gasteiger partial charge >= 0.3 is 7.82 Å². The summed E-state index contributed by atoms with van der Waals surface area (Å²) in [4.78, 5) is 109. The molecule has 1 aromatic heterocycles. The summed E-state index contributed by atoms with van der Waals surface area (Å²) >= 11 is 0. The normalized spacial score (nSPS) is 35.0. The first kappa shape index (κ1) is 69.0. The molecule has 27 nitrogen and oxygen atoms in total. The fourth-order valence-electron chi connectivity index (χ4n) is 16.0. The van der Waals surface area contributed by atoms with Gasteiger partial charge in [-0.2, -0.15) is 0 Å². The van der Waals surface area contributed by atoms with E-state index in [1.54, 1.807) is 4.57 Å². The standard InChI is InChI=1S/C62H94N13O14P/c1-29-20-39-40(21-30(29)2)75(28-70-39)57-52(84)53(41(27-76)87-57)89-90(85,86)88-31(3)26-69-49(83)18-19-59(8)37(22-46(66)80)56-62(11)61(10,25-48(68)82)36(14-17-45(65)79)51(74-62)33(5)55-60(9,24-47(67)81)34(12-15-43(63)77)38(71-55)23-42-58(6,7)35(13-16-44(64)78)50(72-42)32(4)54(59)73-56/h20-21,23,28,31,34-35,37-38,41,50,52-53,56-57,71-74,76,84H,12-19,22,24-27H2,1-11H3,(H2,63,77)(H2,64,78)(H2,65,79)(H2,66,80)(H2,67,81)(H2,68,82)(H,69,83)(H,85,86)/b42-23-,54-32-,55-33-/t31-,34-,35-,37+,38?,41-,50-,52-,53-,56-,57+,59-,60+,61+,62+/m1/s1. The molecule has 7 amide bonds. The molecule has 28 heteroatoms. The lowest BCUT2D eigenvalue weighted by Crippen LogP contribution is -2.64. The van der Waals surface area contributed by atoms with Crippen LogP contribution in [-0.4, -0.2) is 127 Å². The number of hydrogen-bond acceptors (Lipinski definition) is 18. The van der Waals surface area contributed by atoms with Crippen LogP contribution in [-0.2, 0) is 51.9 Å². The Morgan fingerprint density at radius 1 is 0.789 bits per heavy atom. The Bertz CT molecular complexity index is 3420. The van der Waals surface area contributed by atoms with Gasteiger partial charge in [0.2, 0.25) is 41.4 Å². The number of carbonyl (C=O) groups is 7. The number of ether oxygens (including phenoxy) is 1.